The van der Waals surface area contributed by atoms with Gasteiger partial charge in [0.15, 0.2) is 0 Å². The summed E-state index contributed by atoms with van der Waals surface area (Å²) in [6.45, 7) is 1.05. The zero-order valence-electron chi connectivity index (χ0n) is 22.7. The third kappa shape index (κ3) is 5.79. The molecule has 226 valence electrons. The summed E-state index contributed by atoms with van der Waals surface area (Å²) in [6, 6.07) is 26.7. The van der Waals surface area contributed by atoms with E-state index in [9.17, 15) is 31.4 Å². The maximum Gasteiger partial charge on any atom is 0.430 e. The van der Waals surface area contributed by atoms with E-state index >= 15 is 4.39 Å². The van der Waals surface area contributed by atoms with Crippen LogP contribution < -0.4 is 5.32 Å². The topological polar surface area (TPSA) is 41.5 Å². The van der Waals surface area contributed by atoms with Crippen LogP contribution in [0.3, 0.4) is 0 Å². The molecule has 0 aromatic heterocycles. The molecular weight excluding hydrogens is 575 g/mol. The lowest BCUT2D eigenvalue weighted by molar-refractivity contribution is -0.376. The summed E-state index contributed by atoms with van der Waals surface area (Å²) < 4.78 is 102. The number of ether oxygens (including phenoxy) is 1. The molecule has 0 radical (unpaired) electrons. The Labute approximate surface area is 243 Å². The van der Waals surface area contributed by atoms with Gasteiger partial charge >= 0.3 is 12.4 Å². The number of alkyl halides is 6. The maximum absolute atomic E-state index is 15.1. The number of hydrogen-bond acceptors (Lipinski definition) is 3. The monoisotopic (exact) mass is 603 g/mol. The van der Waals surface area contributed by atoms with Crippen molar-refractivity contribution in [2.24, 2.45) is 0 Å². The van der Waals surface area contributed by atoms with E-state index in [2.05, 4.69) is 5.32 Å². The van der Waals surface area contributed by atoms with Crippen molar-refractivity contribution in [2.75, 3.05) is 19.7 Å². The minimum Gasteiger partial charge on any atom is -0.376 e. The summed E-state index contributed by atoms with van der Waals surface area (Å²) in [5.41, 5.74) is -4.18. The number of halogens is 7. The third-order valence-corrected chi connectivity index (χ3v) is 8.10. The maximum atomic E-state index is 15.1. The van der Waals surface area contributed by atoms with Crippen LogP contribution in [0.2, 0.25) is 0 Å². The standard InChI is InChI=1S/C33H28F7NO2/c34-29-16-15-26(17-27(29)23-9-5-2-6-10-23)30(21-43-19-22-7-3-1-4-8-22)20-41-18-28(30)24-11-13-25(14-12-24)31(42,32(35,36)37)33(38,39)40/h1-17,28,41-42H,18-21H2/t28-,30-/m0/s1. The number of benzene rings is 4. The average molecular weight is 604 g/mol. The van der Waals surface area contributed by atoms with E-state index in [-0.39, 0.29) is 13.2 Å². The molecule has 1 aliphatic heterocycles. The second-order valence-electron chi connectivity index (χ2n) is 10.7. The minimum atomic E-state index is -5.99. The van der Waals surface area contributed by atoms with Gasteiger partial charge in [0.1, 0.15) is 5.82 Å². The van der Waals surface area contributed by atoms with Gasteiger partial charge < -0.3 is 15.2 Å². The van der Waals surface area contributed by atoms with Crippen LogP contribution in [0.15, 0.2) is 103 Å². The molecule has 0 unspecified atom stereocenters. The van der Waals surface area contributed by atoms with Crippen molar-refractivity contribution in [2.45, 2.75) is 35.9 Å². The zero-order valence-corrected chi connectivity index (χ0v) is 22.7. The lowest BCUT2D eigenvalue weighted by atomic mass is 9.69. The molecule has 0 amide bonds. The lowest BCUT2D eigenvalue weighted by Gasteiger charge is -2.36. The van der Waals surface area contributed by atoms with Crippen LogP contribution >= 0.6 is 0 Å². The Morgan fingerprint density at radius 3 is 2.00 bits per heavy atom. The molecule has 1 saturated heterocycles. The van der Waals surface area contributed by atoms with Crippen LogP contribution in [0, 0.1) is 5.82 Å². The first-order valence-electron chi connectivity index (χ1n) is 13.5. The highest BCUT2D eigenvalue weighted by Crippen LogP contribution is 2.51. The molecule has 2 N–H and O–H groups in total. The molecule has 4 aromatic rings. The van der Waals surface area contributed by atoms with E-state index < -0.39 is 40.7 Å². The third-order valence-electron chi connectivity index (χ3n) is 8.10. The van der Waals surface area contributed by atoms with E-state index in [1.807, 2.05) is 36.4 Å². The van der Waals surface area contributed by atoms with Crippen molar-refractivity contribution < 1.29 is 40.6 Å². The summed E-state index contributed by atoms with van der Waals surface area (Å²) in [5.74, 6) is -0.919. The molecule has 0 saturated carbocycles. The second-order valence-corrected chi connectivity index (χ2v) is 10.7. The highest BCUT2D eigenvalue weighted by Gasteiger charge is 2.71. The fraction of sp³-hybridized carbons (Fsp3) is 0.273. The van der Waals surface area contributed by atoms with E-state index in [0.29, 0.717) is 47.5 Å². The fourth-order valence-corrected chi connectivity index (χ4v) is 5.78. The van der Waals surface area contributed by atoms with Crippen molar-refractivity contribution in [3.63, 3.8) is 0 Å². The first-order valence-corrected chi connectivity index (χ1v) is 13.5. The van der Waals surface area contributed by atoms with E-state index in [4.69, 9.17) is 4.74 Å². The van der Waals surface area contributed by atoms with Gasteiger partial charge in [0.25, 0.3) is 5.60 Å². The normalized spacial score (nSPS) is 19.5. The van der Waals surface area contributed by atoms with Crippen molar-refractivity contribution >= 4 is 0 Å². The molecule has 10 heteroatoms. The van der Waals surface area contributed by atoms with Gasteiger partial charge in [-0.15, -0.1) is 0 Å². The van der Waals surface area contributed by atoms with Gasteiger partial charge in [-0.3, -0.25) is 0 Å². The van der Waals surface area contributed by atoms with Gasteiger partial charge in [0.2, 0.25) is 0 Å². The smallest absolute Gasteiger partial charge is 0.376 e. The van der Waals surface area contributed by atoms with Crippen LogP contribution in [0.4, 0.5) is 30.7 Å². The predicted octanol–water partition coefficient (Wildman–Crippen LogP) is 7.65. The SMILES string of the molecule is OC(c1ccc([C@@H]2CNC[C@]2(COCc2ccccc2)c2ccc(F)c(-c3ccccc3)c2)cc1)(C(F)(F)F)C(F)(F)F. The molecule has 0 bridgehead atoms. The van der Waals surface area contributed by atoms with Crippen molar-refractivity contribution in [3.05, 3.63) is 131 Å². The molecular formula is C33H28F7NO2. The minimum absolute atomic E-state index is 0.121. The molecule has 1 fully saturated rings. The highest BCUT2D eigenvalue weighted by atomic mass is 19.4. The highest BCUT2D eigenvalue weighted by molar-refractivity contribution is 5.65. The summed E-state index contributed by atoms with van der Waals surface area (Å²) in [7, 11) is 0. The fourth-order valence-electron chi connectivity index (χ4n) is 5.78. The van der Waals surface area contributed by atoms with Crippen LogP contribution in [-0.2, 0) is 22.4 Å². The Morgan fingerprint density at radius 1 is 0.791 bits per heavy atom. The van der Waals surface area contributed by atoms with Gasteiger partial charge in [0.05, 0.1) is 13.2 Å². The van der Waals surface area contributed by atoms with Crippen LogP contribution in [0.5, 0.6) is 0 Å². The predicted molar refractivity (Wildman–Crippen MR) is 148 cm³/mol. The molecule has 1 heterocycles. The Bertz CT molecular complexity index is 1510. The second kappa shape index (κ2) is 11.7. The Morgan fingerprint density at radius 2 is 1.40 bits per heavy atom. The first-order chi connectivity index (χ1) is 20.4. The van der Waals surface area contributed by atoms with E-state index in [0.717, 1.165) is 5.56 Å². The first kappa shape index (κ1) is 30.7. The summed E-state index contributed by atoms with van der Waals surface area (Å²) in [4.78, 5) is 0. The van der Waals surface area contributed by atoms with Crippen LogP contribution in [-0.4, -0.2) is 37.2 Å². The number of rotatable bonds is 8. The summed E-state index contributed by atoms with van der Waals surface area (Å²) in [6.07, 6.45) is -12.0. The van der Waals surface area contributed by atoms with E-state index in [1.54, 1.807) is 36.4 Å². The van der Waals surface area contributed by atoms with Gasteiger partial charge in [-0.25, -0.2) is 4.39 Å². The molecule has 4 aromatic carbocycles. The van der Waals surface area contributed by atoms with E-state index in [1.165, 1.54) is 18.2 Å². The molecule has 43 heavy (non-hydrogen) atoms. The molecule has 2 atom stereocenters. The quantitative estimate of drug-likeness (QED) is 0.204. The van der Waals surface area contributed by atoms with Gasteiger partial charge in [-0.05, 0) is 34.4 Å². The van der Waals surface area contributed by atoms with Crippen LogP contribution in [0.25, 0.3) is 11.1 Å². The van der Waals surface area contributed by atoms with Gasteiger partial charge in [0, 0.05) is 35.5 Å². The lowest BCUT2D eigenvalue weighted by Crippen LogP contribution is -2.53. The largest absolute Gasteiger partial charge is 0.430 e. The Kier molecular flexibility index (Phi) is 8.39. The number of aliphatic hydroxyl groups is 1. The van der Waals surface area contributed by atoms with Gasteiger partial charge in [-0.2, -0.15) is 26.3 Å². The summed E-state index contributed by atoms with van der Waals surface area (Å²) >= 11 is 0. The Balaban J connectivity index is 1.56. The molecule has 0 aliphatic carbocycles. The molecule has 0 spiro atoms. The van der Waals surface area contributed by atoms with Crippen molar-refractivity contribution in [1.29, 1.82) is 0 Å². The zero-order chi connectivity index (χ0) is 30.9. The van der Waals surface area contributed by atoms with Crippen molar-refractivity contribution in [3.8, 4) is 11.1 Å². The number of nitrogens with one attached hydrogen (secondary N) is 1. The summed E-state index contributed by atoms with van der Waals surface area (Å²) in [5, 5.41) is 13.2. The van der Waals surface area contributed by atoms with Crippen LogP contribution in [0.1, 0.15) is 28.2 Å². The molecule has 5 rings (SSSR count). The van der Waals surface area contributed by atoms with Crippen molar-refractivity contribution in [1.82, 2.24) is 5.32 Å². The molecule has 3 nitrogen and oxygen atoms in total. The number of hydrogen-bond donors (Lipinski definition) is 2. The van der Waals surface area contributed by atoms with Gasteiger partial charge in [-0.1, -0.05) is 91.0 Å². The Hall–Kier alpha value is -3.73. The average Bonchev–Trinajstić information content (AvgIpc) is 3.41. The molecule has 1 aliphatic rings.